The summed E-state index contributed by atoms with van der Waals surface area (Å²) < 4.78 is 0. The first-order valence-corrected chi connectivity index (χ1v) is 8.04. The number of benzene rings is 1. The van der Waals surface area contributed by atoms with Crippen LogP contribution in [0.25, 0.3) is 0 Å². The zero-order valence-corrected chi connectivity index (χ0v) is 12.5. The van der Waals surface area contributed by atoms with Gasteiger partial charge in [0.2, 0.25) is 0 Å². The van der Waals surface area contributed by atoms with Crippen LogP contribution < -0.4 is 11.1 Å². The molecule has 1 unspecified atom stereocenters. The molecule has 2 aliphatic rings. The molecule has 0 bridgehead atoms. The van der Waals surface area contributed by atoms with Crippen LogP contribution in [0.3, 0.4) is 0 Å². The van der Waals surface area contributed by atoms with Gasteiger partial charge in [-0.05, 0) is 30.4 Å². The van der Waals surface area contributed by atoms with E-state index in [4.69, 9.17) is 5.73 Å². The van der Waals surface area contributed by atoms with E-state index in [1.165, 1.54) is 43.5 Å². The fourth-order valence-corrected chi connectivity index (χ4v) is 3.18. The Morgan fingerprint density at radius 2 is 1.75 bits per heavy atom. The van der Waals surface area contributed by atoms with Crippen LogP contribution in [0.5, 0.6) is 0 Å². The number of piperazine rings is 1. The predicted molar refractivity (Wildman–Crippen MR) is 83.6 cm³/mol. The van der Waals surface area contributed by atoms with Crippen LogP contribution in [0.15, 0.2) is 24.3 Å². The van der Waals surface area contributed by atoms with Crippen molar-refractivity contribution in [2.75, 3.05) is 26.2 Å². The van der Waals surface area contributed by atoms with Crippen molar-refractivity contribution in [3.05, 3.63) is 35.4 Å². The summed E-state index contributed by atoms with van der Waals surface area (Å²) in [7, 11) is 0. The zero-order valence-electron chi connectivity index (χ0n) is 12.5. The van der Waals surface area contributed by atoms with E-state index in [-0.39, 0.29) is 6.04 Å². The van der Waals surface area contributed by atoms with Gasteiger partial charge in [-0.15, -0.1) is 0 Å². The number of hydrogen-bond acceptors (Lipinski definition) is 3. The van der Waals surface area contributed by atoms with Crippen molar-refractivity contribution >= 4 is 0 Å². The van der Waals surface area contributed by atoms with Crippen LogP contribution in [-0.2, 0) is 0 Å². The van der Waals surface area contributed by atoms with Crippen molar-refractivity contribution in [3.8, 4) is 0 Å². The molecule has 1 aromatic rings. The standard InChI is InChI=1S/C17H27N3/c1-13(18)15-4-6-16(7-5-15)17(12-14-2-3-14)20-10-8-19-9-11-20/h4-7,13-14,17,19H,2-3,8-12,18H2,1H3/t13-,17?/m0/s1. The first-order chi connectivity index (χ1) is 9.74. The Labute approximate surface area is 122 Å². The molecule has 0 radical (unpaired) electrons. The molecular formula is C17H27N3. The molecule has 1 aliphatic carbocycles. The van der Waals surface area contributed by atoms with E-state index < -0.39 is 0 Å². The van der Waals surface area contributed by atoms with Gasteiger partial charge >= 0.3 is 0 Å². The molecule has 110 valence electrons. The van der Waals surface area contributed by atoms with Crippen molar-refractivity contribution < 1.29 is 0 Å². The second-order valence-electron chi connectivity index (χ2n) is 6.44. The summed E-state index contributed by atoms with van der Waals surface area (Å²) in [6.45, 7) is 6.64. The summed E-state index contributed by atoms with van der Waals surface area (Å²) in [6, 6.07) is 9.75. The summed E-state index contributed by atoms with van der Waals surface area (Å²) >= 11 is 0. The van der Waals surface area contributed by atoms with Crippen molar-refractivity contribution in [3.63, 3.8) is 0 Å². The molecule has 0 amide bonds. The third-order valence-corrected chi connectivity index (χ3v) is 4.69. The van der Waals surface area contributed by atoms with Gasteiger partial charge in [0.05, 0.1) is 0 Å². The molecule has 3 N–H and O–H groups in total. The van der Waals surface area contributed by atoms with Crippen LogP contribution in [0.2, 0.25) is 0 Å². The average Bonchev–Trinajstić information content (AvgIpc) is 3.30. The van der Waals surface area contributed by atoms with Crippen molar-refractivity contribution in [1.82, 2.24) is 10.2 Å². The number of rotatable bonds is 5. The summed E-state index contributed by atoms with van der Waals surface area (Å²) in [5.74, 6) is 0.961. The summed E-state index contributed by atoms with van der Waals surface area (Å²) in [5, 5.41) is 3.46. The van der Waals surface area contributed by atoms with Gasteiger partial charge in [-0.2, -0.15) is 0 Å². The topological polar surface area (TPSA) is 41.3 Å². The molecule has 0 aromatic heterocycles. The number of hydrogen-bond donors (Lipinski definition) is 2. The molecule has 3 nitrogen and oxygen atoms in total. The van der Waals surface area contributed by atoms with E-state index in [0.717, 1.165) is 19.0 Å². The lowest BCUT2D eigenvalue weighted by Gasteiger charge is -2.35. The smallest absolute Gasteiger partial charge is 0.0351 e. The molecule has 1 heterocycles. The lowest BCUT2D eigenvalue weighted by molar-refractivity contribution is 0.160. The first-order valence-electron chi connectivity index (χ1n) is 8.04. The van der Waals surface area contributed by atoms with Gasteiger partial charge < -0.3 is 11.1 Å². The quantitative estimate of drug-likeness (QED) is 0.866. The lowest BCUT2D eigenvalue weighted by Crippen LogP contribution is -2.45. The highest BCUT2D eigenvalue weighted by Crippen LogP contribution is 2.40. The molecule has 3 rings (SSSR count). The molecular weight excluding hydrogens is 246 g/mol. The van der Waals surface area contributed by atoms with Crippen LogP contribution in [0.1, 0.15) is 49.4 Å². The highest BCUT2D eigenvalue weighted by molar-refractivity contribution is 5.27. The number of nitrogens with two attached hydrogens (primary N) is 1. The fourth-order valence-electron chi connectivity index (χ4n) is 3.18. The molecule has 2 atom stereocenters. The Hall–Kier alpha value is -0.900. The molecule has 2 fully saturated rings. The van der Waals surface area contributed by atoms with Gasteiger partial charge in [0.25, 0.3) is 0 Å². The minimum atomic E-state index is 0.130. The van der Waals surface area contributed by atoms with E-state index >= 15 is 0 Å². The maximum absolute atomic E-state index is 5.95. The summed E-state index contributed by atoms with van der Waals surface area (Å²) in [5.41, 5.74) is 8.67. The van der Waals surface area contributed by atoms with Crippen LogP contribution in [-0.4, -0.2) is 31.1 Å². The Balaban J connectivity index is 1.76. The number of nitrogens with zero attached hydrogens (tertiary/aromatic N) is 1. The molecule has 20 heavy (non-hydrogen) atoms. The van der Waals surface area contributed by atoms with Crippen LogP contribution in [0, 0.1) is 5.92 Å². The van der Waals surface area contributed by atoms with Gasteiger partial charge in [-0.3, -0.25) is 4.90 Å². The molecule has 1 saturated heterocycles. The Kier molecular flexibility index (Phi) is 4.39. The normalized spacial score (nSPS) is 23.5. The number of nitrogens with one attached hydrogen (secondary N) is 1. The lowest BCUT2D eigenvalue weighted by atomic mass is 9.96. The van der Waals surface area contributed by atoms with Crippen molar-refractivity contribution in [2.45, 2.75) is 38.3 Å². The van der Waals surface area contributed by atoms with Gasteiger partial charge in [0.15, 0.2) is 0 Å². The average molecular weight is 273 g/mol. The van der Waals surface area contributed by atoms with E-state index in [2.05, 4.69) is 34.5 Å². The Morgan fingerprint density at radius 1 is 1.15 bits per heavy atom. The molecule has 1 aliphatic heterocycles. The highest BCUT2D eigenvalue weighted by atomic mass is 15.2. The second-order valence-corrected chi connectivity index (χ2v) is 6.44. The van der Waals surface area contributed by atoms with Crippen LogP contribution in [0.4, 0.5) is 0 Å². The molecule has 1 aromatic carbocycles. The van der Waals surface area contributed by atoms with E-state index in [9.17, 15) is 0 Å². The monoisotopic (exact) mass is 273 g/mol. The zero-order chi connectivity index (χ0) is 13.9. The minimum absolute atomic E-state index is 0.130. The molecule has 3 heteroatoms. The Bertz CT molecular complexity index is 416. The summed E-state index contributed by atoms with van der Waals surface area (Å²) in [6.07, 6.45) is 4.19. The van der Waals surface area contributed by atoms with Crippen molar-refractivity contribution in [2.24, 2.45) is 11.7 Å². The largest absolute Gasteiger partial charge is 0.324 e. The molecule has 1 saturated carbocycles. The fraction of sp³-hybridized carbons (Fsp3) is 0.647. The minimum Gasteiger partial charge on any atom is -0.324 e. The van der Waals surface area contributed by atoms with Gasteiger partial charge in [0.1, 0.15) is 0 Å². The van der Waals surface area contributed by atoms with E-state index in [1.807, 2.05) is 6.92 Å². The maximum Gasteiger partial charge on any atom is 0.0351 e. The van der Waals surface area contributed by atoms with Gasteiger partial charge in [-0.25, -0.2) is 0 Å². The Morgan fingerprint density at radius 3 is 2.30 bits per heavy atom. The first kappa shape index (κ1) is 14.1. The van der Waals surface area contributed by atoms with E-state index in [1.54, 1.807) is 0 Å². The summed E-state index contributed by atoms with van der Waals surface area (Å²) in [4.78, 5) is 2.66. The molecule has 0 spiro atoms. The SMILES string of the molecule is C[C@H](N)c1ccc(C(CC2CC2)N2CCNCC2)cc1. The maximum atomic E-state index is 5.95. The van der Waals surface area contributed by atoms with Gasteiger partial charge in [-0.1, -0.05) is 37.1 Å². The second kappa shape index (κ2) is 6.25. The third-order valence-electron chi connectivity index (χ3n) is 4.69. The third kappa shape index (κ3) is 3.40. The predicted octanol–water partition coefficient (Wildman–Crippen LogP) is 2.45. The van der Waals surface area contributed by atoms with Crippen LogP contribution >= 0.6 is 0 Å². The highest BCUT2D eigenvalue weighted by Gasteiger charge is 2.30. The van der Waals surface area contributed by atoms with Gasteiger partial charge in [0, 0.05) is 38.3 Å². The van der Waals surface area contributed by atoms with E-state index in [0.29, 0.717) is 6.04 Å². The van der Waals surface area contributed by atoms with Crippen molar-refractivity contribution in [1.29, 1.82) is 0 Å².